The molecule has 0 radical (unpaired) electrons. The lowest BCUT2D eigenvalue weighted by molar-refractivity contribution is 0.1000. The molecule has 1 aliphatic rings. The minimum atomic E-state index is -3.36. The number of sulfone groups is 1. The standard InChI is InChI=1S/C21H23FN4O3S/c1-21(22)8-4-7-18(21)25-19-16(20(23)27)11-24-26-12-14(10-17(19)26)13-5-3-6-15(9-13)30(2,28)29/h3,5-6,9-12,18,25H,4,7-8H2,1-2H3,(H2,23,27)/t18-,21+/m1/s1. The third-order valence-corrected chi connectivity index (χ3v) is 6.81. The molecule has 1 saturated carbocycles. The Labute approximate surface area is 174 Å². The fraction of sp³-hybridized carbons (Fsp3) is 0.333. The zero-order valence-electron chi connectivity index (χ0n) is 16.7. The van der Waals surface area contributed by atoms with Crippen molar-refractivity contribution in [2.45, 2.75) is 42.8 Å². The van der Waals surface area contributed by atoms with Crippen LogP contribution >= 0.6 is 0 Å². The first kappa shape index (κ1) is 20.3. The first-order valence-electron chi connectivity index (χ1n) is 9.63. The Bertz CT molecular complexity index is 1250. The van der Waals surface area contributed by atoms with Crippen molar-refractivity contribution in [3.05, 3.63) is 48.3 Å². The number of hydrogen-bond donors (Lipinski definition) is 2. The monoisotopic (exact) mass is 430 g/mol. The lowest BCUT2D eigenvalue weighted by Gasteiger charge is -2.26. The van der Waals surface area contributed by atoms with Crippen LogP contribution < -0.4 is 11.1 Å². The number of nitrogens with zero attached hydrogens (tertiary/aromatic N) is 2. The van der Waals surface area contributed by atoms with Crippen molar-refractivity contribution in [2.24, 2.45) is 5.73 Å². The van der Waals surface area contributed by atoms with Crippen LogP contribution in [0.3, 0.4) is 0 Å². The van der Waals surface area contributed by atoms with Crippen LogP contribution in [-0.4, -0.2) is 41.9 Å². The summed E-state index contributed by atoms with van der Waals surface area (Å²) in [6.07, 6.45) is 6.09. The lowest BCUT2D eigenvalue weighted by Crippen LogP contribution is -2.36. The molecule has 7 nitrogen and oxygen atoms in total. The third kappa shape index (κ3) is 3.65. The number of halogens is 1. The number of benzene rings is 1. The Morgan fingerprint density at radius 2 is 2.10 bits per heavy atom. The SMILES string of the molecule is C[C@]1(F)CCC[C@H]1Nc1c(C(N)=O)cnn2cc(-c3cccc(S(C)(=O)=O)c3)cc12. The molecule has 1 aliphatic carbocycles. The molecule has 30 heavy (non-hydrogen) atoms. The molecule has 1 amide bonds. The normalized spacial score (nSPS) is 21.8. The zero-order valence-corrected chi connectivity index (χ0v) is 17.5. The van der Waals surface area contributed by atoms with E-state index in [0.717, 1.165) is 12.7 Å². The number of carbonyl (C=O) groups is 1. The molecular weight excluding hydrogens is 407 g/mol. The van der Waals surface area contributed by atoms with Crippen LogP contribution in [0, 0.1) is 0 Å². The maximum atomic E-state index is 14.9. The molecule has 2 atom stereocenters. The quantitative estimate of drug-likeness (QED) is 0.647. The van der Waals surface area contributed by atoms with Gasteiger partial charge in [-0.3, -0.25) is 4.79 Å². The number of carbonyl (C=O) groups excluding carboxylic acids is 1. The first-order chi connectivity index (χ1) is 14.1. The van der Waals surface area contributed by atoms with Crippen molar-refractivity contribution in [3.63, 3.8) is 0 Å². The van der Waals surface area contributed by atoms with E-state index in [1.807, 2.05) is 0 Å². The van der Waals surface area contributed by atoms with E-state index in [1.165, 1.54) is 12.3 Å². The Morgan fingerprint density at radius 3 is 2.73 bits per heavy atom. The van der Waals surface area contributed by atoms with Gasteiger partial charge in [0.05, 0.1) is 33.9 Å². The van der Waals surface area contributed by atoms with Crippen LogP contribution in [0.1, 0.15) is 36.5 Å². The molecule has 0 bridgehead atoms. The largest absolute Gasteiger partial charge is 0.377 e. The second-order valence-electron chi connectivity index (χ2n) is 8.02. The second kappa shape index (κ2) is 7.09. The number of nitrogens with two attached hydrogens (primary N) is 1. The van der Waals surface area contributed by atoms with Gasteiger partial charge in [-0.1, -0.05) is 12.1 Å². The van der Waals surface area contributed by atoms with Gasteiger partial charge in [-0.05, 0) is 49.9 Å². The molecule has 9 heteroatoms. The number of nitrogens with one attached hydrogen (secondary N) is 1. The predicted molar refractivity (Wildman–Crippen MR) is 113 cm³/mol. The van der Waals surface area contributed by atoms with E-state index in [0.29, 0.717) is 35.2 Å². The van der Waals surface area contributed by atoms with Gasteiger partial charge in [-0.15, -0.1) is 0 Å². The minimum Gasteiger partial charge on any atom is -0.377 e. The summed E-state index contributed by atoms with van der Waals surface area (Å²) in [6.45, 7) is 1.56. The highest BCUT2D eigenvalue weighted by Gasteiger charge is 2.39. The van der Waals surface area contributed by atoms with Crippen LogP contribution in [0.2, 0.25) is 0 Å². The molecule has 3 N–H and O–H groups in total. The van der Waals surface area contributed by atoms with Gasteiger partial charge < -0.3 is 11.1 Å². The number of alkyl halides is 1. The van der Waals surface area contributed by atoms with Gasteiger partial charge in [0.1, 0.15) is 5.67 Å². The molecule has 1 aromatic carbocycles. The number of rotatable bonds is 5. The van der Waals surface area contributed by atoms with E-state index < -0.39 is 27.5 Å². The summed E-state index contributed by atoms with van der Waals surface area (Å²) in [4.78, 5) is 12.2. The van der Waals surface area contributed by atoms with E-state index in [-0.39, 0.29) is 10.5 Å². The molecule has 3 aromatic rings. The smallest absolute Gasteiger partial charge is 0.252 e. The maximum absolute atomic E-state index is 14.9. The van der Waals surface area contributed by atoms with E-state index in [9.17, 15) is 17.6 Å². The van der Waals surface area contributed by atoms with Crippen molar-refractivity contribution >= 4 is 26.9 Å². The number of primary amides is 1. The van der Waals surface area contributed by atoms with Crippen molar-refractivity contribution in [1.29, 1.82) is 0 Å². The molecular formula is C21H23FN4O3S. The van der Waals surface area contributed by atoms with E-state index >= 15 is 0 Å². The van der Waals surface area contributed by atoms with Gasteiger partial charge in [0.25, 0.3) is 5.91 Å². The fourth-order valence-electron chi connectivity index (χ4n) is 3.98. The molecule has 0 unspecified atom stereocenters. The minimum absolute atomic E-state index is 0.180. The Morgan fingerprint density at radius 1 is 1.33 bits per heavy atom. The third-order valence-electron chi connectivity index (χ3n) is 5.70. The highest BCUT2D eigenvalue weighted by atomic mass is 32.2. The zero-order chi connectivity index (χ0) is 21.7. The average Bonchev–Trinajstić information content (AvgIpc) is 3.24. The fourth-order valence-corrected chi connectivity index (χ4v) is 4.65. The number of amides is 1. The van der Waals surface area contributed by atoms with E-state index in [2.05, 4.69) is 10.4 Å². The van der Waals surface area contributed by atoms with Gasteiger partial charge in [-0.2, -0.15) is 5.10 Å². The summed E-state index contributed by atoms with van der Waals surface area (Å²) in [5, 5.41) is 7.45. The topological polar surface area (TPSA) is 107 Å². The van der Waals surface area contributed by atoms with Gasteiger partial charge in [0, 0.05) is 18.0 Å². The maximum Gasteiger partial charge on any atom is 0.252 e. The van der Waals surface area contributed by atoms with Crippen LogP contribution in [0.5, 0.6) is 0 Å². The van der Waals surface area contributed by atoms with E-state index in [4.69, 9.17) is 5.73 Å². The number of hydrogen-bond acceptors (Lipinski definition) is 5. The average molecular weight is 431 g/mol. The summed E-state index contributed by atoms with van der Waals surface area (Å²) >= 11 is 0. The Hall–Kier alpha value is -2.94. The van der Waals surface area contributed by atoms with Crippen molar-refractivity contribution < 1.29 is 17.6 Å². The molecule has 158 valence electrons. The van der Waals surface area contributed by atoms with Gasteiger partial charge in [-0.25, -0.2) is 17.3 Å². The summed E-state index contributed by atoms with van der Waals surface area (Å²) in [5.41, 5.74) is 6.72. The molecule has 2 aromatic heterocycles. The van der Waals surface area contributed by atoms with Gasteiger partial charge in [0.2, 0.25) is 0 Å². The van der Waals surface area contributed by atoms with Crippen LogP contribution in [0.15, 0.2) is 47.6 Å². The summed E-state index contributed by atoms with van der Waals surface area (Å²) < 4.78 is 40.2. The van der Waals surface area contributed by atoms with Crippen molar-refractivity contribution in [3.8, 4) is 11.1 Å². The Kier molecular flexibility index (Phi) is 4.80. The van der Waals surface area contributed by atoms with Crippen LogP contribution in [0.4, 0.5) is 10.1 Å². The van der Waals surface area contributed by atoms with Gasteiger partial charge >= 0.3 is 0 Å². The summed E-state index contributed by atoms with van der Waals surface area (Å²) in [6, 6.07) is 7.92. The van der Waals surface area contributed by atoms with Crippen LogP contribution in [-0.2, 0) is 9.84 Å². The molecule has 2 heterocycles. The van der Waals surface area contributed by atoms with E-state index in [1.54, 1.807) is 41.9 Å². The summed E-state index contributed by atoms with van der Waals surface area (Å²) in [5.74, 6) is -0.659. The highest BCUT2D eigenvalue weighted by molar-refractivity contribution is 7.90. The number of aromatic nitrogens is 2. The predicted octanol–water partition coefficient (Wildman–Crippen LogP) is 3.20. The molecule has 1 fully saturated rings. The molecule has 0 aliphatic heterocycles. The second-order valence-corrected chi connectivity index (χ2v) is 10.0. The number of anilines is 1. The summed E-state index contributed by atoms with van der Waals surface area (Å²) in [7, 11) is -3.36. The number of fused-ring (bicyclic) bond motifs is 1. The Balaban J connectivity index is 1.84. The molecule has 0 saturated heterocycles. The molecule has 0 spiro atoms. The van der Waals surface area contributed by atoms with Crippen molar-refractivity contribution in [1.82, 2.24) is 9.61 Å². The van der Waals surface area contributed by atoms with Crippen LogP contribution in [0.25, 0.3) is 16.6 Å². The first-order valence-corrected chi connectivity index (χ1v) is 11.5. The highest BCUT2D eigenvalue weighted by Crippen LogP contribution is 2.37. The van der Waals surface area contributed by atoms with Gasteiger partial charge in [0.15, 0.2) is 9.84 Å². The van der Waals surface area contributed by atoms with Crippen molar-refractivity contribution in [2.75, 3.05) is 11.6 Å². The molecule has 4 rings (SSSR count). The lowest BCUT2D eigenvalue weighted by atomic mass is 10.0.